The van der Waals surface area contributed by atoms with Crippen LogP contribution in [-0.2, 0) is 0 Å². The Hall–Kier alpha value is -1.40. The van der Waals surface area contributed by atoms with Crippen LogP contribution in [0.2, 0.25) is 4.47 Å². The minimum absolute atomic E-state index is 0.240. The quantitative estimate of drug-likeness (QED) is 0.845. The molecule has 0 spiro atoms. The predicted octanol–water partition coefficient (Wildman–Crippen LogP) is 1.38. The van der Waals surface area contributed by atoms with Crippen molar-refractivity contribution >= 4 is 28.8 Å². The first-order chi connectivity index (χ1) is 6.75. The van der Waals surface area contributed by atoms with E-state index in [0.29, 0.717) is 0 Å². The summed E-state index contributed by atoms with van der Waals surface area (Å²) in [6.07, 6.45) is 3.42. The minimum atomic E-state index is -0.328. The number of halogens is 1. The van der Waals surface area contributed by atoms with Gasteiger partial charge in [0, 0.05) is 12.4 Å². The molecule has 0 unspecified atom stereocenters. The van der Waals surface area contributed by atoms with Gasteiger partial charge < -0.3 is 0 Å². The molecule has 1 amide bonds. The normalized spacial score (nSPS) is 10.1. The van der Waals surface area contributed by atoms with E-state index in [-0.39, 0.29) is 15.4 Å². The zero-order chi connectivity index (χ0) is 9.97. The zero-order valence-electron chi connectivity index (χ0n) is 6.85. The van der Waals surface area contributed by atoms with Crippen LogP contribution in [0.1, 0.15) is 9.80 Å². The minimum Gasteiger partial charge on any atom is -0.268 e. The monoisotopic (exact) mass is 228 g/mol. The van der Waals surface area contributed by atoms with Gasteiger partial charge in [-0.05, 0) is 23.7 Å². The number of hydrogen-bond donors (Lipinski definition) is 1. The molecular weight excluding hydrogens is 224 g/mol. The highest BCUT2D eigenvalue weighted by Crippen LogP contribution is 2.14. The molecule has 5 nitrogen and oxygen atoms in total. The van der Waals surface area contributed by atoms with E-state index in [2.05, 4.69) is 15.6 Å². The SMILES string of the molecule is O=C(Nn1cccc1)c1nnc(Cl)s1. The number of carbonyl (C=O) groups is 1. The maximum Gasteiger partial charge on any atom is 0.301 e. The Labute approximate surface area is 88.3 Å². The fourth-order valence-corrected chi connectivity index (χ4v) is 1.59. The number of carbonyl (C=O) groups excluding carboxylic acids is 1. The lowest BCUT2D eigenvalue weighted by Crippen LogP contribution is -2.21. The molecule has 2 rings (SSSR count). The van der Waals surface area contributed by atoms with Crippen LogP contribution >= 0.6 is 22.9 Å². The van der Waals surface area contributed by atoms with Gasteiger partial charge in [0.1, 0.15) is 0 Å². The van der Waals surface area contributed by atoms with Crippen molar-refractivity contribution in [3.8, 4) is 0 Å². The van der Waals surface area contributed by atoms with Crippen molar-refractivity contribution in [3.63, 3.8) is 0 Å². The van der Waals surface area contributed by atoms with E-state index in [4.69, 9.17) is 11.6 Å². The molecule has 0 aliphatic rings. The maximum atomic E-state index is 11.4. The number of nitrogens with one attached hydrogen (secondary N) is 1. The molecule has 0 aromatic carbocycles. The average molecular weight is 229 g/mol. The van der Waals surface area contributed by atoms with E-state index < -0.39 is 0 Å². The first-order valence-electron chi connectivity index (χ1n) is 3.69. The summed E-state index contributed by atoms with van der Waals surface area (Å²) in [7, 11) is 0. The third kappa shape index (κ3) is 1.91. The highest BCUT2D eigenvalue weighted by Gasteiger charge is 2.11. The second kappa shape index (κ2) is 3.77. The Kier molecular flexibility index (Phi) is 2.47. The lowest BCUT2D eigenvalue weighted by molar-refractivity contribution is 0.101. The van der Waals surface area contributed by atoms with E-state index >= 15 is 0 Å². The van der Waals surface area contributed by atoms with Crippen molar-refractivity contribution < 1.29 is 4.79 Å². The average Bonchev–Trinajstić information content (AvgIpc) is 2.75. The summed E-state index contributed by atoms with van der Waals surface area (Å²) in [5.74, 6) is -0.328. The van der Waals surface area contributed by atoms with Gasteiger partial charge in [0.15, 0.2) is 0 Å². The van der Waals surface area contributed by atoms with Crippen molar-refractivity contribution in [2.24, 2.45) is 0 Å². The lowest BCUT2D eigenvalue weighted by atomic mass is 10.7. The van der Waals surface area contributed by atoms with Gasteiger partial charge in [-0.1, -0.05) is 11.3 Å². The first-order valence-corrected chi connectivity index (χ1v) is 4.88. The van der Waals surface area contributed by atoms with Crippen molar-refractivity contribution in [2.75, 3.05) is 5.43 Å². The van der Waals surface area contributed by atoms with Gasteiger partial charge in [-0.15, -0.1) is 10.2 Å². The molecule has 0 radical (unpaired) electrons. The van der Waals surface area contributed by atoms with Crippen LogP contribution in [0.4, 0.5) is 0 Å². The number of nitrogens with zero attached hydrogens (tertiary/aromatic N) is 3. The molecule has 0 saturated heterocycles. The van der Waals surface area contributed by atoms with Gasteiger partial charge >= 0.3 is 5.91 Å². The molecule has 14 heavy (non-hydrogen) atoms. The molecule has 1 N–H and O–H groups in total. The van der Waals surface area contributed by atoms with Gasteiger partial charge in [-0.25, -0.2) is 0 Å². The molecule has 7 heteroatoms. The van der Waals surface area contributed by atoms with Crippen LogP contribution in [0.5, 0.6) is 0 Å². The van der Waals surface area contributed by atoms with Gasteiger partial charge in [0.2, 0.25) is 9.47 Å². The van der Waals surface area contributed by atoms with Crippen LogP contribution in [-0.4, -0.2) is 20.8 Å². The third-order valence-electron chi connectivity index (χ3n) is 1.43. The summed E-state index contributed by atoms with van der Waals surface area (Å²) in [6, 6.07) is 3.60. The van der Waals surface area contributed by atoms with Crippen molar-refractivity contribution in [3.05, 3.63) is 34.0 Å². The van der Waals surface area contributed by atoms with Gasteiger partial charge in [0.25, 0.3) is 0 Å². The van der Waals surface area contributed by atoms with E-state index in [9.17, 15) is 4.79 Å². The van der Waals surface area contributed by atoms with E-state index in [1.807, 2.05) is 0 Å². The molecule has 72 valence electrons. The van der Waals surface area contributed by atoms with E-state index in [1.54, 1.807) is 24.5 Å². The van der Waals surface area contributed by atoms with Gasteiger partial charge in [-0.3, -0.25) is 14.9 Å². The summed E-state index contributed by atoms with van der Waals surface area (Å²) >= 11 is 6.58. The highest BCUT2D eigenvalue weighted by atomic mass is 35.5. The largest absolute Gasteiger partial charge is 0.301 e. The van der Waals surface area contributed by atoms with Crippen LogP contribution in [0, 0.1) is 0 Å². The third-order valence-corrected chi connectivity index (χ3v) is 2.45. The molecule has 0 bridgehead atoms. The summed E-state index contributed by atoms with van der Waals surface area (Å²) < 4.78 is 1.78. The predicted molar refractivity (Wildman–Crippen MR) is 53.0 cm³/mol. The fraction of sp³-hybridized carbons (Fsp3) is 0. The molecular formula is C7H5ClN4OS. The van der Waals surface area contributed by atoms with Crippen LogP contribution in [0.3, 0.4) is 0 Å². The molecule has 0 saturated carbocycles. The van der Waals surface area contributed by atoms with Gasteiger partial charge in [0.05, 0.1) is 0 Å². The van der Waals surface area contributed by atoms with Crippen molar-refractivity contribution in [1.29, 1.82) is 0 Å². The molecule has 0 aliphatic heterocycles. The molecule has 0 aliphatic carbocycles. The second-order valence-corrected chi connectivity index (χ2v) is 3.95. The first kappa shape index (κ1) is 9.17. The van der Waals surface area contributed by atoms with E-state index in [0.717, 1.165) is 11.3 Å². The number of aromatic nitrogens is 3. The zero-order valence-corrected chi connectivity index (χ0v) is 8.42. The van der Waals surface area contributed by atoms with Gasteiger partial charge in [-0.2, -0.15) is 0 Å². The Morgan fingerprint density at radius 2 is 2.14 bits per heavy atom. The van der Waals surface area contributed by atoms with Crippen LogP contribution < -0.4 is 5.43 Å². The Morgan fingerprint density at radius 3 is 2.71 bits per heavy atom. The summed E-state index contributed by atoms with van der Waals surface area (Å²) in [6.45, 7) is 0. The smallest absolute Gasteiger partial charge is 0.268 e. The Bertz CT molecular complexity index is 438. The van der Waals surface area contributed by atoms with Crippen molar-refractivity contribution in [1.82, 2.24) is 14.9 Å². The number of rotatable bonds is 2. The maximum absolute atomic E-state index is 11.4. The lowest BCUT2D eigenvalue weighted by Gasteiger charge is -2.01. The van der Waals surface area contributed by atoms with E-state index in [1.165, 1.54) is 4.68 Å². The molecule has 2 heterocycles. The fourth-order valence-electron chi connectivity index (χ4n) is 0.871. The topological polar surface area (TPSA) is 59.8 Å². The molecule has 0 fully saturated rings. The summed E-state index contributed by atoms with van der Waals surface area (Å²) in [5, 5.41) is 7.38. The Balaban J connectivity index is 2.10. The molecule has 0 atom stereocenters. The standard InChI is InChI=1S/C7H5ClN4OS/c8-7-10-9-6(14-7)5(13)11-12-3-1-2-4-12/h1-4H,(H,11,13). The van der Waals surface area contributed by atoms with Crippen LogP contribution in [0.15, 0.2) is 24.5 Å². The highest BCUT2D eigenvalue weighted by molar-refractivity contribution is 7.17. The Morgan fingerprint density at radius 1 is 1.43 bits per heavy atom. The molecule has 2 aromatic heterocycles. The number of hydrogen-bond acceptors (Lipinski definition) is 4. The van der Waals surface area contributed by atoms with Crippen molar-refractivity contribution in [2.45, 2.75) is 0 Å². The molecule has 2 aromatic rings. The second-order valence-electron chi connectivity index (χ2n) is 2.39. The summed E-state index contributed by atoms with van der Waals surface area (Å²) in [4.78, 5) is 11.4. The van der Waals surface area contributed by atoms with Crippen LogP contribution in [0.25, 0.3) is 0 Å². The summed E-state index contributed by atoms with van der Waals surface area (Å²) in [5.41, 5.74) is 2.58. The number of amides is 1.